The molecule has 0 aliphatic heterocycles. The first-order chi connectivity index (χ1) is 10.9. The molecule has 124 valence electrons. The van der Waals surface area contributed by atoms with Crippen molar-refractivity contribution in [3.8, 4) is 0 Å². The molecule has 1 N–H and O–H groups in total. The monoisotopic (exact) mass is 315 g/mol. The fraction of sp³-hybridized carbons (Fsp3) is 0.500. The Hall–Kier alpha value is -2.17. The molecule has 2 aromatic rings. The van der Waals surface area contributed by atoms with Gasteiger partial charge in [0.05, 0.1) is 17.4 Å². The standard InChI is InChI=1S/C18H25N3O2/c1-12(2)9-10-17(22)21(13(3)4)11-16-19-15-8-6-5-7-14(15)18(23)20-16/h5-8,12-13H,9-11H2,1-4H3,(H,19,20,23). The average Bonchev–Trinajstić information content (AvgIpc) is 2.50. The molecule has 2 rings (SSSR count). The van der Waals surface area contributed by atoms with Gasteiger partial charge in [-0.2, -0.15) is 0 Å². The van der Waals surface area contributed by atoms with Crippen molar-refractivity contribution >= 4 is 16.8 Å². The summed E-state index contributed by atoms with van der Waals surface area (Å²) in [5.74, 6) is 1.12. The lowest BCUT2D eigenvalue weighted by molar-refractivity contribution is -0.134. The summed E-state index contributed by atoms with van der Waals surface area (Å²) >= 11 is 0. The topological polar surface area (TPSA) is 66.1 Å². The zero-order valence-corrected chi connectivity index (χ0v) is 14.3. The van der Waals surface area contributed by atoms with Gasteiger partial charge in [-0.25, -0.2) is 4.98 Å². The van der Waals surface area contributed by atoms with E-state index < -0.39 is 0 Å². The number of nitrogens with one attached hydrogen (secondary N) is 1. The number of fused-ring (bicyclic) bond motifs is 1. The van der Waals surface area contributed by atoms with Crippen molar-refractivity contribution in [2.45, 2.75) is 53.1 Å². The van der Waals surface area contributed by atoms with Crippen LogP contribution in [-0.4, -0.2) is 26.8 Å². The SMILES string of the molecule is CC(C)CCC(=O)N(Cc1nc2ccccc2c(=O)[nH]1)C(C)C. The van der Waals surface area contributed by atoms with Crippen LogP contribution in [0.5, 0.6) is 0 Å². The Labute approximate surface area is 136 Å². The van der Waals surface area contributed by atoms with Gasteiger partial charge in [-0.05, 0) is 38.3 Å². The van der Waals surface area contributed by atoms with E-state index >= 15 is 0 Å². The van der Waals surface area contributed by atoms with Gasteiger partial charge in [-0.15, -0.1) is 0 Å². The number of carbonyl (C=O) groups is 1. The number of aromatic amines is 1. The lowest BCUT2D eigenvalue weighted by Gasteiger charge is -2.26. The minimum Gasteiger partial charge on any atom is -0.333 e. The molecule has 0 saturated heterocycles. The molecule has 0 saturated carbocycles. The largest absolute Gasteiger partial charge is 0.333 e. The van der Waals surface area contributed by atoms with E-state index in [9.17, 15) is 9.59 Å². The quantitative estimate of drug-likeness (QED) is 0.890. The number of hydrogen-bond acceptors (Lipinski definition) is 3. The Morgan fingerprint density at radius 1 is 1.22 bits per heavy atom. The summed E-state index contributed by atoms with van der Waals surface area (Å²) in [4.78, 5) is 33.6. The van der Waals surface area contributed by atoms with Crippen molar-refractivity contribution in [3.63, 3.8) is 0 Å². The third kappa shape index (κ3) is 4.41. The highest BCUT2D eigenvalue weighted by molar-refractivity contribution is 5.78. The number of amides is 1. The zero-order chi connectivity index (χ0) is 17.0. The number of carbonyl (C=O) groups excluding carboxylic acids is 1. The Morgan fingerprint density at radius 3 is 2.57 bits per heavy atom. The van der Waals surface area contributed by atoms with Crippen LogP contribution in [0.2, 0.25) is 0 Å². The molecule has 5 nitrogen and oxygen atoms in total. The van der Waals surface area contributed by atoms with Crippen molar-refractivity contribution < 1.29 is 4.79 Å². The van der Waals surface area contributed by atoms with Gasteiger partial charge in [0.25, 0.3) is 5.56 Å². The summed E-state index contributed by atoms with van der Waals surface area (Å²) in [6.45, 7) is 8.50. The van der Waals surface area contributed by atoms with Crippen LogP contribution < -0.4 is 5.56 Å². The number of para-hydroxylation sites is 1. The van der Waals surface area contributed by atoms with Gasteiger partial charge in [0.2, 0.25) is 5.91 Å². The molecule has 1 amide bonds. The van der Waals surface area contributed by atoms with E-state index in [-0.39, 0.29) is 17.5 Å². The smallest absolute Gasteiger partial charge is 0.258 e. The molecule has 0 fully saturated rings. The highest BCUT2D eigenvalue weighted by Crippen LogP contribution is 2.12. The van der Waals surface area contributed by atoms with Gasteiger partial charge in [0.1, 0.15) is 5.82 Å². The predicted molar refractivity (Wildman–Crippen MR) is 92.1 cm³/mol. The maximum absolute atomic E-state index is 12.4. The Bertz CT molecular complexity index is 734. The fourth-order valence-corrected chi connectivity index (χ4v) is 2.49. The molecule has 0 aliphatic rings. The summed E-state index contributed by atoms with van der Waals surface area (Å²) < 4.78 is 0. The van der Waals surface area contributed by atoms with Gasteiger partial charge in [0.15, 0.2) is 0 Å². The van der Waals surface area contributed by atoms with Crippen LogP contribution in [0.3, 0.4) is 0 Å². The molecule has 0 atom stereocenters. The van der Waals surface area contributed by atoms with E-state index in [0.29, 0.717) is 35.6 Å². The first kappa shape index (κ1) is 17.2. The molecule has 0 radical (unpaired) electrons. The summed E-state index contributed by atoms with van der Waals surface area (Å²) in [5.41, 5.74) is 0.494. The summed E-state index contributed by atoms with van der Waals surface area (Å²) in [6, 6.07) is 7.29. The van der Waals surface area contributed by atoms with Gasteiger partial charge in [0, 0.05) is 12.5 Å². The third-order valence-corrected chi connectivity index (χ3v) is 3.86. The second-order valence-electron chi connectivity index (χ2n) is 6.58. The van der Waals surface area contributed by atoms with Crippen molar-refractivity contribution in [3.05, 3.63) is 40.4 Å². The molecule has 23 heavy (non-hydrogen) atoms. The molecule has 5 heteroatoms. The summed E-state index contributed by atoms with van der Waals surface area (Å²) in [7, 11) is 0. The number of rotatable bonds is 6. The van der Waals surface area contributed by atoms with Gasteiger partial charge in [-0.3, -0.25) is 9.59 Å². The Balaban J connectivity index is 2.23. The second kappa shape index (κ2) is 7.40. The highest BCUT2D eigenvalue weighted by atomic mass is 16.2. The van der Waals surface area contributed by atoms with Crippen LogP contribution in [0.15, 0.2) is 29.1 Å². The highest BCUT2D eigenvalue weighted by Gasteiger charge is 2.19. The normalized spacial score (nSPS) is 11.4. The molecule has 1 aromatic carbocycles. The van der Waals surface area contributed by atoms with Crippen LogP contribution in [0, 0.1) is 5.92 Å². The van der Waals surface area contributed by atoms with E-state index in [1.807, 2.05) is 32.0 Å². The van der Waals surface area contributed by atoms with Crippen LogP contribution >= 0.6 is 0 Å². The van der Waals surface area contributed by atoms with E-state index in [4.69, 9.17) is 0 Å². The van der Waals surface area contributed by atoms with Gasteiger partial charge < -0.3 is 9.88 Å². The molecule has 0 aliphatic carbocycles. The number of aromatic nitrogens is 2. The lowest BCUT2D eigenvalue weighted by Crippen LogP contribution is -2.37. The first-order valence-corrected chi connectivity index (χ1v) is 8.16. The molecule has 0 bridgehead atoms. The molecule has 1 heterocycles. The fourth-order valence-electron chi connectivity index (χ4n) is 2.49. The number of benzene rings is 1. The number of nitrogens with zero attached hydrogens (tertiary/aromatic N) is 2. The van der Waals surface area contributed by atoms with Crippen molar-refractivity contribution in [1.82, 2.24) is 14.9 Å². The minimum absolute atomic E-state index is 0.0615. The van der Waals surface area contributed by atoms with E-state index in [1.54, 1.807) is 11.0 Å². The zero-order valence-electron chi connectivity index (χ0n) is 14.3. The average molecular weight is 315 g/mol. The second-order valence-corrected chi connectivity index (χ2v) is 6.58. The number of H-pyrrole nitrogens is 1. The Kier molecular flexibility index (Phi) is 5.53. The molecular weight excluding hydrogens is 290 g/mol. The predicted octanol–water partition coefficient (Wildman–Crippen LogP) is 3.10. The summed E-state index contributed by atoms with van der Waals surface area (Å²) in [5, 5.41) is 0.568. The molecule has 0 spiro atoms. The van der Waals surface area contributed by atoms with E-state index in [1.165, 1.54) is 0 Å². The van der Waals surface area contributed by atoms with Crippen molar-refractivity contribution in [2.75, 3.05) is 0 Å². The van der Waals surface area contributed by atoms with Crippen LogP contribution in [0.1, 0.15) is 46.4 Å². The van der Waals surface area contributed by atoms with Crippen LogP contribution in [0.25, 0.3) is 10.9 Å². The van der Waals surface area contributed by atoms with Crippen molar-refractivity contribution in [2.24, 2.45) is 5.92 Å². The van der Waals surface area contributed by atoms with Crippen LogP contribution in [0.4, 0.5) is 0 Å². The third-order valence-electron chi connectivity index (χ3n) is 3.86. The van der Waals surface area contributed by atoms with Gasteiger partial charge in [-0.1, -0.05) is 26.0 Å². The van der Waals surface area contributed by atoms with E-state index in [2.05, 4.69) is 23.8 Å². The molecule has 1 aromatic heterocycles. The maximum atomic E-state index is 12.4. The first-order valence-electron chi connectivity index (χ1n) is 8.16. The number of hydrogen-bond donors (Lipinski definition) is 1. The van der Waals surface area contributed by atoms with Crippen molar-refractivity contribution in [1.29, 1.82) is 0 Å². The minimum atomic E-state index is -0.163. The Morgan fingerprint density at radius 2 is 1.91 bits per heavy atom. The lowest BCUT2D eigenvalue weighted by atomic mass is 10.1. The maximum Gasteiger partial charge on any atom is 0.258 e. The summed E-state index contributed by atoms with van der Waals surface area (Å²) in [6.07, 6.45) is 1.39. The molecular formula is C18H25N3O2. The van der Waals surface area contributed by atoms with Gasteiger partial charge >= 0.3 is 0 Å². The van der Waals surface area contributed by atoms with E-state index in [0.717, 1.165) is 6.42 Å². The van der Waals surface area contributed by atoms with Crippen LogP contribution in [-0.2, 0) is 11.3 Å². The molecule has 0 unspecified atom stereocenters.